The van der Waals surface area contributed by atoms with E-state index < -0.39 is 0 Å². The van der Waals surface area contributed by atoms with Gasteiger partial charge in [-0.15, -0.1) is 0 Å². The third-order valence-corrected chi connectivity index (χ3v) is 5.61. The minimum atomic E-state index is -0.305. The molecule has 4 nitrogen and oxygen atoms in total. The number of imide groups is 1. The Morgan fingerprint density at radius 3 is 2.17 bits per heavy atom. The minimum absolute atomic E-state index is 0.0385. The van der Waals surface area contributed by atoms with Crippen LogP contribution in [0.5, 0.6) is 5.75 Å². The number of amides is 2. The standard InChI is InChI=1S/C19H18ClNO3/c1-9(2)15-11-5-6-12(15)17-16(11)18(22)21(19(17)23)13-8-10(20)4-7-14(13)24-3/h4-8,11-12,16-17H,1-3H3/t11-,12-,16-,17-/m0/s1. The first kappa shape index (κ1) is 15.5. The summed E-state index contributed by atoms with van der Waals surface area (Å²) in [7, 11) is 1.52. The maximum Gasteiger partial charge on any atom is 0.238 e. The third kappa shape index (κ3) is 1.86. The van der Waals surface area contributed by atoms with Crippen LogP contribution in [-0.2, 0) is 9.59 Å². The second-order valence-electron chi connectivity index (χ2n) is 6.77. The minimum Gasteiger partial charge on any atom is -0.495 e. The van der Waals surface area contributed by atoms with Crippen molar-refractivity contribution in [2.75, 3.05) is 12.0 Å². The molecule has 5 heteroatoms. The zero-order valence-corrected chi connectivity index (χ0v) is 14.5. The van der Waals surface area contributed by atoms with Gasteiger partial charge in [-0.2, -0.15) is 0 Å². The summed E-state index contributed by atoms with van der Waals surface area (Å²) in [6, 6.07) is 4.98. The lowest BCUT2D eigenvalue weighted by Gasteiger charge is -2.21. The van der Waals surface area contributed by atoms with Crippen molar-refractivity contribution in [3.63, 3.8) is 0 Å². The molecule has 0 aromatic heterocycles. The van der Waals surface area contributed by atoms with Crippen LogP contribution in [0.2, 0.25) is 5.02 Å². The van der Waals surface area contributed by atoms with Crippen LogP contribution in [0, 0.1) is 23.7 Å². The van der Waals surface area contributed by atoms with E-state index >= 15 is 0 Å². The van der Waals surface area contributed by atoms with E-state index in [0.29, 0.717) is 16.5 Å². The van der Waals surface area contributed by atoms with E-state index in [4.69, 9.17) is 16.3 Å². The number of fused-ring (bicyclic) bond motifs is 5. The molecule has 0 N–H and O–H groups in total. The molecule has 124 valence electrons. The number of methoxy groups -OCH3 is 1. The number of carbonyl (C=O) groups excluding carboxylic acids is 2. The van der Waals surface area contributed by atoms with E-state index in [0.717, 1.165) is 0 Å². The summed E-state index contributed by atoms with van der Waals surface area (Å²) in [4.78, 5) is 27.4. The molecule has 1 saturated heterocycles. The van der Waals surface area contributed by atoms with Gasteiger partial charge in [-0.1, -0.05) is 34.9 Å². The van der Waals surface area contributed by atoms with Crippen LogP contribution in [0.4, 0.5) is 5.69 Å². The fourth-order valence-electron chi connectivity index (χ4n) is 4.51. The number of rotatable bonds is 2. The molecule has 1 saturated carbocycles. The predicted octanol–water partition coefficient (Wildman–Crippen LogP) is 3.61. The maximum absolute atomic E-state index is 13.1. The predicted molar refractivity (Wildman–Crippen MR) is 92.0 cm³/mol. The highest BCUT2D eigenvalue weighted by atomic mass is 35.5. The van der Waals surface area contributed by atoms with Crippen LogP contribution < -0.4 is 9.64 Å². The van der Waals surface area contributed by atoms with Crippen LogP contribution in [0.15, 0.2) is 41.5 Å². The Balaban J connectivity index is 1.80. The second kappa shape index (κ2) is 5.21. The molecule has 2 aliphatic carbocycles. The van der Waals surface area contributed by atoms with Gasteiger partial charge in [-0.05, 0) is 32.0 Å². The Bertz CT molecular complexity index is 788. The molecule has 1 aliphatic heterocycles. The fourth-order valence-corrected chi connectivity index (χ4v) is 4.67. The lowest BCUT2D eigenvalue weighted by atomic mass is 9.85. The van der Waals surface area contributed by atoms with Gasteiger partial charge in [0.05, 0.1) is 24.6 Å². The van der Waals surface area contributed by atoms with Gasteiger partial charge in [0.25, 0.3) is 0 Å². The van der Waals surface area contributed by atoms with E-state index in [1.54, 1.807) is 18.2 Å². The number of hydrogen-bond donors (Lipinski definition) is 0. The molecule has 0 spiro atoms. The number of anilines is 1. The molecule has 2 fully saturated rings. The number of hydrogen-bond acceptors (Lipinski definition) is 3. The molecule has 4 atom stereocenters. The van der Waals surface area contributed by atoms with Crippen molar-refractivity contribution in [1.29, 1.82) is 0 Å². The van der Waals surface area contributed by atoms with Crippen LogP contribution in [0.25, 0.3) is 0 Å². The van der Waals surface area contributed by atoms with Gasteiger partial charge >= 0.3 is 0 Å². The zero-order chi connectivity index (χ0) is 17.2. The molecule has 1 heterocycles. The fraction of sp³-hybridized carbons (Fsp3) is 0.368. The molecule has 0 unspecified atom stereocenters. The normalized spacial score (nSPS) is 30.3. The van der Waals surface area contributed by atoms with Crippen molar-refractivity contribution >= 4 is 29.1 Å². The molecular weight excluding hydrogens is 326 g/mol. The summed E-state index contributed by atoms with van der Waals surface area (Å²) in [5.41, 5.74) is 2.88. The summed E-state index contributed by atoms with van der Waals surface area (Å²) in [6.07, 6.45) is 4.16. The highest BCUT2D eigenvalue weighted by Gasteiger charge is 2.62. The lowest BCUT2D eigenvalue weighted by Crippen LogP contribution is -2.33. The molecule has 1 aromatic rings. The summed E-state index contributed by atoms with van der Waals surface area (Å²) in [6.45, 7) is 4.10. The van der Waals surface area contributed by atoms with Crippen LogP contribution in [0.1, 0.15) is 13.8 Å². The second-order valence-corrected chi connectivity index (χ2v) is 7.21. The summed E-state index contributed by atoms with van der Waals surface area (Å²) in [5.74, 6) is -0.360. The van der Waals surface area contributed by atoms with Gasteiger partial charge in [0.15, 0.2) is 0 Å². The number of benzene rings is 1. The molecule has 2 bridgehead atoms. The van der Waals surface area contributed by atoms with Gasteiger partial charge in [-0.25, -0.2) is 4.90 Å². The topological polar surface area (TPSA) is 46.6 Å². The largest absolute Gasteiger partial charge is 0.495 e. The lowest BCUT2D eigenvalue weighted by molar-refractivity contribution is -0.123. The smallest absolute Gasteiger partial charge is 0.238 e. The number of allylic oxidation sites excluding steroid dienone is 4. The Morgan fingerprint density at radius 2 is 1.67 bits per heavy atom. The van der Waals surface area contributed by atoms with Crippen molar-refractivity contribution in [2.24, 2.45) is 23.7 Å². The number of ether oxygens (including phenoxy) is 1. The van der Waals surface area contributed by atoms with Crippen molar-refractivity contribution in [2.45, 2.75) is 13.8 Å². The summed E-state index contributed by atoms with van der Waals surface area (Å²) < 4.78 is 5.33. The Morgan fingerprint density at radius 1 is 1.08 bits per heavy atom. The van der Waals surface area contributed by atoms with E-state index in [1.165, 1.54) is 23.2 Å². The van der Waals surface area contributed by atoms with Crippen LogP contribution >= 0.6 is 11.6 Å². The molecule has 0 radical (unpaired) electrons. The van der Waals surface area contributed by atoms with Crippen molar-refractivity contribution in [3.05, 3.63) is 46.5 Å². The highest BCUT2D eigenvalue weighted by molar-refractivity contribution is 6.31. The van der Waals surface area contributed by atoms with Crippen LogP contribution in [0.3, 0.4) is 0 Å². The highest BCUT2D eigenvalue weighted by Crippen LogP contribution is 2.57. The van der Waals surface area contributed by atoms with Crippen molar-refractivity contribution in [3.8, 4) is 5.75 Å². The first-order valence-electron chi connectivity index (χ1n) is 8.02. The first-order chi connectivity index (χ1) is 11.5. The monoisotopic (exact) mass is 343 g/mol. The van der Waals surface area contributed by atoms with E-state index in [1.807, 2.05) is 0 Å². The molecule has 24 heavy (non-hydrogen) atoms. The zero-order valence-electron chi connectivity index (χ0n) is 13.7. The summed E-state index contributed by atoms with van der Waals surface area (Å²) >= 11 is 6.08. The first-order valence-corrected chi connectivity index (χ1v) is 8.40. The van der Waals surface area contributed by atoms with E-state index in [9.17, 15) is 9.59 Å². The number of halogens is 1. The number of carbonyl (C=O) groups is 2. The molecular formula is C19H18ClNO3. The summed E-state index contributed by atoms with van der Waals surface area (Å²) in [5, 5.41) is 0.467. The Hall–Kier alpha value is -2.07. The van der Waals surface area contributed by atoms with Crippen molar-refractivity contribution in [1.82, 2.24) is 0 Å². The average Bonchev–Trinajstić information content (AvgIpc) is 3.17. The van der Waals surface area contributed by atoms with Gasteiger partial charge < -0.3 is 4.74 Å². The van der Waals surface area contributed by atoms with Gasteiger partial charge in [0.2, 0.25) is 11.8 Å². The van der Waals surface area contributed by atoms with Crippen molar-refractivity contribution < 1.29 is 14.3 Å². The van der Waals surface area contributed by atoms with Crippen LogP contribution in [-0.4, -0.2) is 18.9 Å². The maximum atomic E-state index is 13.1. The van der Waals surface area contributed by atoms with Gasteiger partial charge in [0, 0.05) is 16.9 Å². The molecule has 2 amide bonds. The SMILES string of the molecule is COc1ccc(Cl)cc1N1C(=O)[C@@H]2[C@@H](C1=O)[C@H]1C=C[C@H]2C1=C(C)C. The Kier molecular flexibility index (Phi) is 3.36. The van der Waals surface area contributed by atoms with E-state index in [-0.39, 0.29) is 35.5 Å². The third-order valence-electron chi connectivity index (χ3n) is 5.37. The molecule has 4 rings (SSSR count). The molecule has 1 aromatic carbocycles. The average molecular weight is 344 g/mol. The van der Waals surface area contributed by atoms with Gasteiger partial charge in [-0.3, -0.25) is 9.59 Å². The quantitative estimate of drug-likeness (QED) is 0.609. The van der Waals surface area contributed by atoms with E-state index in [2.05, 4.69) is 26.0 Å². The number of nitrogens with zero attached hydrogens (tertiary/aromatic N) is 1. The Labute approximate surface area is 145 Å². The van der Waals surface area contributed by atoms with Gasteiger partial charge in [0.1, 0.15) is 5.75 Å². The molecule has 3 aliphatic rings.